The van der Waals surface area contributed by atoms with Gasteiger partial charge in [-0.1, -0.05) is 0 Å². The highest BCUT2D eigenvalue weighted by atomic mass is 32.2. The predicted octanol–water partition coefficient (Wildman–Crippen LogP) is 1.25. The van der Waals surface area contributed by atoms with Crippen LogP contribution in [0.15, 0.2) is 10.7 Å². The minimum atomic E-state index is -2.82. The molecular formula is C11H18N2O3S. The molecule has 1 aromatic rings. The summed E-state index contributed by atoms with van der Waals surface area (Å²) in [6, 6.07) is 0.153. The molecule has 2 heterocycles. The van der Waals surface area contributed by atoms with E-state index in [0.29, 0.717) is 18.7 Å². The lowest BCUT2D eigenvalue weighted by molar-refractivity contribution is 0.423. The molecule has 1 aliphatic heterocycles. The molecule has 1 saturated heterocycles. The number of nitrogens with zero attached hydrogens (tertiary/aromatic N) is 1. The quantitative estimate of drug-likeness (QED) is 0.883. The lowest BCUT2D eigenvalue weighted by Gasteiger charge is -2.18. The molecule has 1 fully saturated rings. The van der Waals surface area contributed by atoms with Gasteiger partial charge in [0.05, 0.1) is 17.2 Å². The molecule has 0 aromatic carbocycles. The van der Waals surface area contributed by atoms with E-state index in [1.807, 2.05) is 14.0 Å². The van der Waals surface area contributed by atoms with E-state index in [0.717, 1.165) is 5.69 Å². The normalized spacial score (nSPS) is 22.5. The van der Waals surface area contributed by atoms with E-state index in [9.17, 15) is 8.42 Å². The van der Waals surface area contributed by atoms with E-state index in [4.69, 9.17) is 4.42 Å². The maximum absolute atomic E-state index is 11.3. The SMILES string of the molecule is CNC(C)c1coc(C2CCS(=O)(=O)CC2)n1. The molecule has 0 radical (unpaired) electrons. The van der Waals surface area contributed by atoms with Crippen molar-refractivity contribution in [3.63, 3.8) is 0 Å². The zero-order valence-corrected chi connectivity index (χ0v) is 11.0. The zero-order valence-electron chi connectivity index (χ0n) is 10.1. The van der Waals surface area contributed by atoms with Gasteiger partial charge in [-0.05, 0) is 26.8 Å². The van der Waals surface area contributed by atoms with Gasteiger partial charge in [0.25, 0.3) is 0 Å². The van der Waals surface area contributed by atoms with Crippen LogP contribution in [0, 0.1) is 0 Å². The third-order valence-electron chi connectivity index (χ3n) is 3.32. The molecule has 17 heavy (non-hydrogen) atoms. The Kier molecular flexibility index (Phi) is 3.53. The van der Waals surface area contributed by atoms with Crippen LogP contribution in [-0.2, 0) is 9.84 Å². The smallest absolute Gasteiger partial charge is 0.197 e. The van der Waals surface area contributed by atoms with Crippen LogP contribution in [0.3, 0.4) is 0 Å². The van der Waals surface area contributed by atoms with Gasteiger partial charge >= 0.3 is 0 Å². The second kappa shape index (κ2) is 4.78. The summed E-state index contributed by atoms with van der Waals surface area (Å²) in [4.78, 5) is 4.43. The van der Waals surface area contributed by atoms with Crippen molar-refractivity contribution in [3.05, 3.63) is 17.8 Å². The van der Waals surface area contributed by atoms with Crippen LogP contribution in [0.4, 0.5) is 0 Å². The van der Waals surface area contributed by atoms with Gasteiger partial charge < -0.3 is 9.73 Å². The molecule has 1 N–H and O–H groups in total. The Bertz CT molecular complexity index is 467. The van der Waals surface area contributed by atoms with Crippen LogP contribution in [0.2, 0.25) is 0 Å². The highest BCUT2D eigenvalue weighted by Gasteiger charge is 2.28. The van der Waals surface area contributed by atoms with Crippen LogP contribution in [0.5, 0.6) is 0 Å². The standard InChI is InChI=1S/C11H18N2O3S/c1-8(12-2)10-7-16-11(13-10)9-3-5-17(14,15)6-4-9/h7-9,12H,3-6H2,1-2H3. The van der Waals surface area contributed by atoms with Crippen molar-refractivity contribution in [1.82, 2.24) is 10.3 Å². The topological polar surface area (TPSA) is 72.2 Å². The Balaban J connectivity index is 2.06. The van der Waals surface area contributed by atoms with E-state index in [-0.39, 0.29) is 23.5 Å². The van der Waals surface area contributed by atoms with Crippen molar-refractivity contribution < 1.29 is 12.8 Å². The predicted molar refractivity (Wildman–Crippen MR) is 64.6 cm³/mol. The van der Waals surface area contributed by atoms with Crippen molar-refractivity contribution >= 4 is 9.84 Å². The van der Waals surface area contributed by atoms with Gasteiger partial charge in [-0.25, -0.2) is 13.4 Å². The molecule has 5 nitrogen and oxygen atoms in total. The molecule has 1 unspecified atom stereocenters. The first-order valence-electron chi connectivity index (χ1n) is 5.85. The van der Waals surface area contributed by atoms with Crippen LogP contribution in [0.25, 0.3) is 0 Å². The maximum atomic E-state index is 11.3. The van der Waals surface area contributed by atoms with E-state index < -0.39 is 9.84 Å². The third-order valence-corrected chi connectivity index (χ3v) is 5.04. The Morgan fingerprint density at radius 1 is 1.47 bits per heavy atom. The van der Waals surface area contributed by atoms with E-state index in [1.54, 1.807) is 6.26 Å². The summed E-state index contributed by atoms with van der Waals surface area (Å²) in [5, 5.41) is 3.09. The summed E-state index contributed by atoms with van der Waals surface area (Å²) in [7, 11) is -0.952. The van der Waals surface area contributed by atoms with Crippen LogP contribution < -0.4 is 5.32 Å². The van der Waals surface area contributed by atoms with Crippen LogP contribution >= 0.6 is 0 Å². The van der Waals surface area contributed by atoms with Gasteiger partial charge in [-0.15, -0.1) is 0 Å². The van der Waals surface area contributed by atoms with E-state index >= 15 is 0 Å². The van der Waals surface area contributed by atoms with Crippen molar-refractivity contribution in [2.24, 2.45) is 0 Å². The Morgan fingerprint density at radius 2 is 2.12 bits per heavy atom. The van der Waals surface area contributed by atoms with Crippen molar-refractivity contribution in [3.8, 4) is 0 Å². The van der Waals surface area contributed by atoms with E-state index in [2.05, 4.69) is 10.3 Å². The average Bonchev–Trinajstić information content (AvgIpc) is 2.77. The fraction of sp³-hybridized carbons (Fsp3) is 0.727. The first-order valence-corrected chi connectivity index (χ1v) is 7.67. The molecular weight excluding hydrogens is 240 g/mol. The minimum Gasteiger partial charge on any atom is -0.448 e. The number of oxazole rings is 1. The average molecular weight is 258 g/mol. The summed E-state index contributed by atoms with van der Waals surface area (Å²) < 4.78 is 28.1. The summed E-state index contributed by atoms with van der Waals surface area (Å²) in [6.45, 7) is 2.01. The highest BCUT2D eigenvalue weighted by Crippen LogP contribution is 2.29. The summed E-state index contributed by atoms with van der Waals surface area (Å²) in [6.07, 6.45) is 2.89. The first-order chi connectivity index (χ1) is 8.02. The summed E-state index contributed by atoms with van der Waals surface area (Å²) >= 11 is 0. The summed E-state index contributed by atoms with van der Waals surface area (Å²) in [5.74, 6) is 1.32. The lowest BCUT2D eigenvalue weighted by Crippen LogP contribution is -2.22. The third kappa shape index (κ3) is 2.87. The van der Waals surface area contributed by atoms with Gasteiger partial charge in [0.2, 0.25) is 0 Å². The fourth-order valence-electron chi connectivity index (χ4n) is 1.97. The van der Waals surface area contributed by atoms with Crippen LogP contribution in [-0.4, -0.2) is 32.0 Å². The number of hydrogen-bond donors (Lipinski definition) is 1. The molecule has 6 heteroatoms. The van der Waals surface area contributed by atoms with Crippen LogP contribution in [0.1, 0.15) is 43.3 Å². The second-order valence-corrected chi connectivity index (χ2v) is 6.85. The van der Waals surface area contributed by atoms with E-state index in [1.165, 1.54) is 0 Å². The molecule has 0 bridgehead atoms. The molecule has 0 saturated carbocycles. The molecule has 0 aliphatic carbocycles. The number of hydrogen-bond acceptors (Lipinski definition) is 5. The Labute approximate surface area is 102 Å². The van der Waals surface area contributed by atoms with Crippen molar-refractivity contribution in [2.75, 3.05) is 18.6 Å². The Hall–Kier alpha value is -0.880. The highest BCUT2D eigenvalue weighted by molar-refractivity contribution is 7.91. The van der Waals surface area contributed by atoms with Crippen molar-refractivity contribution in [1.29, 1.82) is 0 Å². The largest absolute Gasteiger partial charge is 0.448 e. The lowest BCUT2D eigenvalue weighted by atomic mass is 10.0. The van der Waals surface area contributed by atoms with Gasteiger partial charge in [-0.3, -0.25) is 0 Å². The molecule has 96 valence electrons. The molecule has 1 aromatic heterocycles. The molecule has 0 amide bonds. The van der Waals surface area contributed by atoms with Gasteiger partial charge in [0.15, 0.2) is 5.89 Å². The molecule has 1 aliphatic rings. The number of rotatable bonds is 3. The fourth-order valence-corrected chi connectivity index (χ4v) is 3.46. The summed E-state index contributed by atoms with van der Waals surface area (Å²) in [5.41, 5.74) is 0.871. The molecule has 2 rings (SSSR count). The molecule has 1 atom stereocenters. The molecule has 0 spiro atoms. The first kappa shape index (κ1) is 12.6. The monoisotopic (exact) mass is 258 g/mol. The maximum Gasteiger partial charge on any atom is 0.197 e. The van der Waals surface area contributed by atoms with Gasteiger partial charge in [0, 0.05) is 12.0 Å². The van der Waals surface area contributed by atoms with Gasteiger partial charge in [-0.2, -0.15) is 0 Å². The Morgan fingerprint density at radius 3 is 2.71 bits per heavy atom. The van der Waals surface area contributed by atoms with Crippen molar-refractivity contribution in [2.45, 2.75) is 31.7 Å². The number of nitrogens with one attached hydrogen (secondary N) is 1. The minimum absolute atomic E-state index is 0.149. The number of sulfone groups is 1. The zero-order chi connectivity index (χ0) is 12.5. The number of aromatic nitrogens is 1. The second-order valence-electron chi connectivity index (χ2n) is 4.55. The van der Waals surface area contributed by atoms with Gasteiger partial charge in [0.1, 0.15) is 16.1 Å².